The highest BCUT2D eigenvalue weighted by Gasteiger charge is 2.13. The van der Waals surface area contributed by atoms with Crippen molar-refractivity contribution >= 4 is 22.7 Å². The van der Waals surface area contributed by atoms with E-state index in [0.29, 0.717) is 5.39 Å². The monoisotopic (exact) mass is 301 g/mol. The lowest BCUT2D eigenvalue weighted by Gasteiger charge is -2.07. The molecule has 1 aromatic heterocycles. The van der Waals surface area contributed by atoms with Gasteiger partial charge in [0.15, 0.2) is 0 Å². The van der Waals surface area contributed by atoms with Gasteiger partial charge in [-0.2, -0.15) is 0 Å². The first-order chi connectivity index (χ1) is 10.5. The Hall–Kier alpha value is -3.14. The first-order valence-electron chi connectivity index (χ1n) is 6.32. The Balaban J connectivity index is 2.23. The van der Waals surface area contributed by atoms with E-state index in [9.17, 15) is 18.8 Å². The quantitative estimate of drug-likeness (QED) is 0.702. The Bertz CT molecular complexity index is 836. The molecule has 0 aliphatic carbocycles. The number of terminal acetylenes is 1. The van der Waals surface area contributed by atoms with Crippen LogP contribution in [-0.2, 0) is 4.79 Å². The van der Waals surface area contributed by atoms with E-state index in [4.69, 9.17) is 6.42 Å². The van der Waals surface area contributed by atoms with E-state index in [-0.39, 0.29) is 24.2 Å². The number of amides is 2. The van der Waals surface area contributed by atoms with Gasteiger partial charge in [0.1, 0.15) is 5.82 Å². The summed E-state index contributed by atoms with van der Waals surface area (Å²) in [5.74, 6) is 0.631. The number of aromatic amines is 1. The number of carbonyl (C=O) groups is 2. The smallest absolute Gasteiger partial charge is 0.252 e. The highest BCUT2D eigenvalue weighted by molar-refractivity contribution is 6.06. The second-order valence-electron chi connectivity index (χ2n) is 4.40. The van der Waals surface area contributed by atoms with Gasteiger partial charge in [0, 0.05) is 11.5 Å². The molecular formula is C15H12FN3O3. The second kappa shape index (κ2) is 6.54. The minimum absolute atomic E-state index is 0.0575. The maximum Gasteiger partial charge on any atom is 0.252 e. The zero-order valence-corrected chi connectivity index (χ0v) is 11.4. The summed E-state index contributed by atoms with van der Waals surface area (Å²) < 4.78 is 13.2. The summed E-state index contributed by atoms with van der Waals surface area (Å²) in [4.78, 5) is 37.5. The van der Waals surface area contributed by atoms with Crippen molar-refractivity contribution in [2.45, 2.75) is 0 Å². The van der Waals surface area contributed by atoms with Crippen LogP contribution in [0.25, 0.3) is 10.9 Å². The number of nitrogens with one attached hydrogen (secondary N) is 3. The van der Waals surface area contributed by atoms with Crippen molar-refractivity contribution in [2.24, 2.45) is 0 Å². The molecule has 112 valence electrons. The van der Waals surface area contributed by atoms with Crippen LogP contribution in [0.4, 0.5) is 4.39 Å². The lowest BCUT2D eigenvalue weighted by molar-refractivity contribution is -0.119. The van der Waals surface area contributed by atoms with Gasteiger partial charge in [-0.05, 0) is 18.2 Å². The van der Waals surface area contributed by atoms with Gasteiger partial charge in [-0.1, -0.05) is 5.92 Å². The number of rotatable bonds is 4. The van der Waals surface area contributed by atoms with Crippen LogP contribution in [0.2, 0.25) is 0 Å². The predicted molar refractivity (Wildman–Crippen MR) is 78.7 cm³/mol. The van der Waals surface area contributed by atoms with E-state index >= 15 is 0 Å². The third-order valence-electron chi connectivity index (χ3n) is 2.85. The van der Waals surface area contributed by atoms with Crippen molar-refractivity contribution in [1.29, 1.82) is 0 Å². The molecule has 0 saturated carbocycles. The number of fused-ring (bicyclic) bond motifs is 1. The summed E-state index contributed by atoms with van der Waals surface area (Å²) in [6.45, 7) is -0.224. The molecule has 1 aromatic carbocycles. The van der Waals surface area contributed by atoms with Crippen LogP contribution in [-0.4, -0.2) is 29.9 Å². The standard InChI is InChI=1S/C15H12FN3O3/c1-2-5-17-14(21)8-18-15(22)11-7-13(20)19-12-6-9(16)3-4-10(11)12/h1,3-4,6-7H,5,8H2,(H,17,21)(H,18,22)(H,19,20). The molecule has 22 heavy (non-hydrogen) atoms. The molecule has 2 amide bonds. The minimum Gasteiger partial charge on any atom is -0.344 e. The lowest BCUT2D eigenvalue weighted by Crippen LogP contribution is -2.37. The molecule has 2 rings (SSSR count). The average molecular weight is 301 g/mol. The maximum atomic E-state index is 13.2. The molecule has 0 unspecified atom stereocenters. The number of hydrogen-bond donors (Lipinski definition) is 3. The number of benzene rings is 1. The molecule has 6 nitrogen and oxygen atoms in total. The van der Waals surface area contributed by atoms with Gasteiger partial charge in [0.25, 0.3) is 5.91 Å². The Morgan fingerprint density at radius 3 is 2.77 bits per heavy atom. The second-order valence-corrected chi connectivity index (χ2v) is 4.40. The van der Waals surface area contributed by atoms with Crippen LogP contribution in [0.5, 0.6) is 0 Å². The fourth-order valence-electron chi connectivity index (χ4n) is 1.89. The van der Waals surface area contributed by atoms with Gasteiger partial charge in [-0.25, -0.2) is 4.39 Å². The average Bonchev–Trinajstić information content (AvgIpc) is 2.49. The van der Waals surface area contributed by atoms with Crippen molar-refractivity contribution in [1.82, 2.24) is 15.6 Å². The number of H-pyrrole nitrogens is 1. The summed E-state index contributed by atoms with van der Waals surface area (Å²) in [5.41, 5.74) is -0.280. The van der Waals surface area contributed by atoms with Gasteiger partial charge in [-0.3, -0.25) is 14.4 Å². The van der Waals surface area contributed by atoms with Gasteiger partial charge >= 0.3 is 0 Å². The maximum absolute atomic E-state index is 13.2. The van der Waals surface area contributed by atoms with E-state index in [1.165, 1.54) is 12.1 Å². The SMILES string of the molecule is C#CCNC(=O)CNC(=O)c1cc(=O)[nH]c2cc(F)ccc12. The van der Waals surface area contributed by atoms with Crippen molar-refractivity contribution < 1.29 is 14.0 Å². The summed E-state index contributed by atoms with van der Waals surface area (Å²) in [6, 6.07) is 4.77. The summed E-state index contributed by atoms with van der Waals surface area (Å²) in [5, 5.41) is 5.14. The molecule has 0 bridgehead atoms. The third-order valence-corrected chi connectivity index (χ3v) is 2.85. The Labute approximate surface area is 124 Å². The van der Waals surface area contributed by atoms with Gasteiger partial charge in [0.2, 0.25) is 11.5 Å². The highest BCUT2D eigenvalue weighted by atomic mass is 19.1. The molecule has 0 saturated heterocycles. The van der Waals surface area contributed by atoms with Crippen LogP contribution in [0.15, 0.2) is 29.1 Å². The van der Waals surface area contributed by atoms with E-state index in [1.807, 2.05) is 0 Å². The van der Waals surface area contributed by atoms with Crippen LogP contribution in [0.1, 0.15) is 10.4 Å². The van der Waals surface area contributed by atoms with Gasteiger partial charge in [-0.15, -0.1) is 6.42 Å². The molecule has 1 heterocycles. The van der Waals surface area contributed by atoms with Crippen LogP contribution < -0.4 is 16.2 Å². The van der Waals surface area contributed by atoms with Gasteiger partial charge in [0.05, 0.1) is 24.2 Å². The number of halogens is 1. The van der Waals surface area contributed by atoms with Gasteiger partial charge < -0.3 is 15.6 Å². The van der Waals surface area contributed by atoms with E-state index in [0.717, 1.165) is 12.1 Å². The summed E-state index contributed by atoms with van der Waals surface area (Å²) in [6.07, 6.45) is 4.99. The van der Waals surface area contributed by atoms with Crippen molar-refractivity contribution in [2.75, 3.05) is 13.1 Å². The summed E-state index contributed by atoms with van der Waals surface area (Å²) >= 11 is 0. The molecular weight excluding hydrogens is 289 g/mol. The summed E-state index contributed by atoms with van der Waals surface area (Å²) in [7, 11) is 0. The molecule has 0 aliphatic heterocycles. The number of carbonyl (C=O) groups excluding carboxylic acids is 2. The van der Waals surface area contributed by atoms with Crippen molar-refractivity contribution in [3.05, 3.63) is 46.0 Å². The van der Waals surface area contributed by atoms with Crippen molar-refractivity contribution in [3.8, 4) is 12.3 Å². The first-order valence-corrected chi connectivity index (χ1v) is 6.32. The number of hydrogen-bond acceptors (Lipinski definition) is 3. The third kappa shape index (κ3) is 3.49. The predicted octanol–water partition coefficient (Wildman–Crippen LogP) is 0.146. The number of pyridine rings is 1. The van der Waals surface area contributed by atoms with Crippen LogP contribution in [0, 0.1) is 18.2 Å². The minimum atomic E-state index is -0.612. The first kappa shape index (κ1) is 15.3. The van der Waals surface area contributed by atoms with Crippen molar-refractivity contribution in [3.63, 3.8) is 0 Å². The molecule has 0 radical (unpaired) electrons. The zero-order chi connectivity index (χ0) is 16.1. The topological polar surface area (TPSA) is 91.1 Å². The molecule has 2 aromatic rings. The Morgan fingerprint density at radius 1 is 1.27 bits per heavy atom. The fraction of sp³-hybridized carbons (Fsp3) is 0.133. The molecule has 0 aliphatic rings. The normalized spacial score (nSPS) is 10.0. The Kier molecular flexibility index (Phi) is 4.53. The fourth-order valence-corrected chi connectivity index (χ4v) is 1.89. The van der Waals surface area contributed by atoms with Crippen LogP contribution >= 0.6 is 0 Å². The molecule has 3 N–H and O–H groups in total. The molecule has 0 spiro atoms. The highest BCUT2D eigenvalue weighted by Crippen LogP contribution is 2.16. The largest absolute Gasteiger partial charge is 0.344 e. The molecule has 0 atom stereocenters. The number of aromatic nitrogens is 1. The Morgan fingerprint density at radius 2 is 2.05 bits per heavy atom. The van der Waals surface area contributed by atoms with E-state index in [1.54, 1.807) is 0 Å². The zero-order valence-electron chi connectivity index (χ0n) is 11.4. The molecule has 7 heteroatoms. The van der Waals surface area contributed by atoms with E-state index in [2.05, 4.69) is 21.5 Å². The van der Waals surface area contributed by atoms with Crippen LogP contribution in [0.3, 0.4) is 0 Å². The lowest BCUT2D eigenvalue weighted by atomic mass is 10.1. The van der Waals surface area contributed by atoms with E-state index < -0.39 is 23.2 Å². The molecule has 0 fully saturated rings.